The SMILES string of the molecule is CC(C)c1nc(N)c2c(n1)CCC2. The van der Waals surface area contributed by atoms with Crippen molar-refractivity contribution in [3.05, 3.63) is 17.1 Å². The zero-order valence-corrected chi connectivity index (χ0v) is 8.17. The fourth-order valence-electron chi connectivity index (χ4n) is 1.74. The summed E-state index contributed by atoms with van der Waals surface area (Å²) in [4.78, 5) is 8.83. The third-order valence-electron chi connectivity index (χ3n) is 2.50. The number of fused-ring (bicyclic) bond motifs is 1. The first-order chi connectivity index (χ1) is 6.18. The van der Waals surface area contributed by atoms with Gasteiger partial charge in [0, 0.05) is 17.2 Å². The van der Waals surface area contributed by atoms with Crippen LogP contribution in [0.3, 0.4) is 0 Å². The molecule has 0 saturated carbocycles. The minimum absolute atomic E-state index is 0.369. The van der Waals surface area contributed by atoms with Gasteiger partial charge in [0.2, 0.25) is 0 Å². The molecule has 1 heterocycles. The molecule has 0 saturated heterocycles. The topological polar surface area (TPSA) is 51.8 Å². The Morgan fingerprint density at radius 1 is 1.23 bits per heavy atom. The lowest BCUT2D eigenvalue weighted by molar-refractivity contribution is 0.763. The van der Waals surface area contributed by atoms with Crippen LogP contribution in [0.1, 0.15) is 43.3 Å². The van der Waals surface area contributed by atoms with Crippen LogP contribution in [0.25, 0.3) is 0 Å². The Morgan fingerprint density at radius 2 is 2.00 bits per heavy atom. The van der Waals surface area contributed by atoms with E-state index in [2.05, 4.69) is 23.8 Å². The molecule has 0 bridgehead atoms. The average Bonchev–Trinajstić information content (AvgIpc) is 2.51. The fourth-order valence-corrected chi connectivity index (χ4v) is 1.74. The summed E-state index contributed by atoms with van der Waals surface area (Å²) in [5.41, 5.74) is 8.22. The molecule has 1 aliphatic rings. The minimum Gasteiger partial charge on any atom is -0.383 e. The normalized spacial score (nSPS) is 15.0. The number of rotatable bonds is 1. The van der Waals surface area contributed by atoms with E-state index in [0.717, 1.165) is 18.7 Å². The molecule has 0 amide bonds. The molecular weight excluding hydrogens is 162 g/mol. The standard InChI is InChI=1S/C10H15N3/c1-6(2)10-12-8-5-3-4-7(8)9(11)13-10/h6H,3-5H2,1-2H3,(H2,11,12,13). The molecule has 0 atom stereocenters. The van der Waals surface area contributed by atoms with Gasteiger partial charge in [-0.25, -0.2) is 9.97 Å². The number of hydrogen-bond donors (Lipinski definition) is 1. The average molecular weight is 177 g/mol. The van der Waals surface area contributed by atoms with Crippen molar-refractivity contribution in [2.75, 3.05) is 5.73 Å². The van der Waals surface area contributed by atoms with E-state index in [9.17, 15) is 0 Å². The molecule has 3 nitrogen and oxygen atoms in total. The van der Waals surface area contributed by atoms with Crippen molar-refractivity contribution >= 4 is 5.82 Å². The van der Waals surface area contributed by atoms with E-state index in [1.165, 1.54) is 17.7 Å². The Labute approximate surface area is 78.4 Å². The lowest BCUT2D eigenvalue weighted by Gasteiger charge is -2.08. The number of hydrogen-bond acceptors (Lipinski definition) is 3. The third-order valence-corrected chi connectivity index (χ3v) is 2.50. The maximum atomic E-state index is 5.86. The van der Waals surface area contributed by atoms with Gasteiger partial charge in [-0.3, -0.25) is 0 Å². The van der Waals surface area contributed by atoms with Crippen LogP contribution < -0.4 is 5.73 Å². The molecule has 0 aliphatic heterocycles. The zero-order valence-electron chi connectivity index (χ0n) is 8.17. The Kier molecular flexibility index (Phi) is 1.94. The molecule has 2 rings (SSSR count). The summed E-state index contributed by atoms with van der Waals surface area (Å²) in [5, 5.41) is 0. The summed E-state index contributed by atoms with van der Waals surface area (Å²) in [7, 11) is 0. The summed E-state index contributed by atoms with van der Waals surface area (Å²) in [6.45, 7) is 4.19. The molecule has 0 unspecified atom stereocenters. The largest absolute Gasteiger partial charge is 0.383 e. The first-order valence-electron chi connectivity index (χ1n) is 4.83. The van der Waals surface area contributed by atoms with Gasteiger partial charge in [0.05, 0.1) is 0 Å². The second-order valence-electron chi connectivity index (χ2n) is 3.90. The summed E-state index contributed by atoms with van der Waals surface area (Å²) in [6.07, 6.45) is 3.30. The van der Waals surface area contributed by atoms with Gasteiger partial charge in [-0.15, -0.1) is 0 Å². The highest BCUT2D eigenvalue weighted by molar-refractivity contribution is 5.44. The van der Waals surface area contributed by atoms with Crippen LogP contribution in [0.4, 0.5) is 5.82 Å². The van der Waals surface area contributed by atoms with Crippen molar-refractivity contribution in [2.45, 2.75) is 39.0 Å². The van der Waals surface area contributed by atoms with E-state index in [1.807, 2.05) is 0 Å². The van der Waals surface area contributed by atoms with Gasteiger partial charge in [-0.1, -0.05) is 13.8 Å². The summed E-state index contributed by atoms with van der Waals surface area (Å²) in [5.74, 6) is 1.96. The monoisotopic (exact) mass is 177 g/mol. The molecule has 0 spiro atoms. The Morgan fingerprint density at radius 3 is 2.69 bits per heavy atom. The predicted molar refractivity (Wildman–Crippen MR) is 52.6 cm³/mol. The van der Waals surface area contributed by atoms with Crippen LogP contribution in [-0.4, -0.2) is 9.97 Å². The van der Waals surface area contributed by atoms with Gasteiger partial charge in [0.25, 0.3) is 0 Å². The van der Waals surface area contributed by atoms with E-state index >= 15 is 0 Å². The molecule has 2 N–H and O–H groups in total. The van der Waals surface area contributed by atoms with Crippen LogP contribution in [0, 0.1) is 0 Å². The van der Waals surface area contributed by atoms with E-state index in [-0.39, 0.29) is 0 Å². The van der Waals surface area contributed by atoms with E-state index in [4.69, 9.17) is 5.73 Å². The molecule has 1 aromatic heterocycles. The lowest BCUT2D eigenvalue weighted by Crippen LogP contribution is -2.06. The Bertz CT molecular complexity index is 331. The van der Waals surface area contributed by atoms with Crippen LogP contribution in [0.2, 0.25) is 0 Å². The highest BCUT2D eigenvalue weighted by Gasteiger charge is 2.18. The second kappa shape index (κ2) is 2.98. The smallest absolute Gasteiger partial charge is 0.133 e. The highest BCUT2D eigenvalue weighted by atomic mass is 15.0. The summed E-state index contributed by atoms with van der Waals surface area (Å²) in [6, 6.07) is 0. The maximum absolute atomic E-state index is 5.86. The van der Waals surface area contributed by atoms with Crippen LogP contribution in [0.5, 0.6) is 0 Å². The molecule has 1 aromatic rings. The molecule has 13 heavy (non-hydrogen) atoms. The van der Waals surface area contributed by atoms with E-state index < -0.39 is 0 Å². The molecule has 0 aromatic carbocycles. The molecule has 0 radical (unpaired) electrons. The zero-order chi connectivity index (χ0) is 9.42. The maximum Gasteiger partial charge on any atom is 0.133 e. The van der Waals surface area contributed by atoms with Crippen LogP contribution in [-0.2, 0) is 12.8 Å². The predicted octanol–water partition coefficient (Wildman–Crippen LogP) is 1.67. The number of nitrogen functional groups attached to an aromatic ring is 1. The fraction of sp³-hybridized carbons (Fsp3) is 0.600. The van der Waals surface area contributed by atoms with Crippen molar-refractivity contribution in [3.8, 4) is 0 Å². The third kappa shape index (κ3) is 1.39. The number of aromatic nitrogens is 2. The Balaban J connectivity index is 2.49. The van der Waals surface area contributed by atoms with Gasteiger partial charge in [-0.2, -0.15) is 0 Å². The number of nitrogens with zero attached hydrogens (tertiary/aromatic N) is 2. The molecule has 0 fully saturated rings. The van der Waals surface area contributed by atoms with Gasteiger partial charge >= 0.3 is 0 Å². The number of anilines is 1. The van der Waals surface area contributed by atoms with Gasteiger partial charge in [0.15, 0.2) is 0 Å². The van der Waals surface area contributed by atoms with Gasteiger partial charge in [-0.05, 0) is 19.3 Å². The molecule has 70 valence electrons. The molecular formula is C10H15N3. The van der Waals surface area contributed by atoms with E-state index in [0.29, 0.717) is 11.7 Å². The highest BCUT2D eigenvalue weighted by Crippen LogP contribution is 2.25. The van der Waals surface area contributed by atoms with Crippen LogP contribution >= 0.6 is 0 Å². The molecule has 3 heteroatoms. The van der Waals surface area contributed by atoms with Crippen molar-refractivity contribution in [1.82, 2.24) is 9.97 Å². The number of nitrogens with two attached hydrogens (primary N) is 1. The molecule has 1 aliphatic carbocycles. The lowest BCUT2D eigenvalue weighted by atomic mass is 10.2. The van der Waals surface area contributed by atoms with E-state index in [1.54, 1.807) is 0 Å². The van der Waals surface area contributed by atoms with Gasteiger partial charge in [0.1, 0.15) is 11.6 Å². The Hall–Kier alpha value is -1.12. The first kappa shape index (κ1) is 8.48. The van der Waals surface area contributed by atoms with Crippen molar-refractivity contribution in [3.63, 3.8) is 0 Å². The van der Waals surface area contributed by atoms with Crippen LogP contribution in [0.15, 0.2) is 0 Å². The van der Waals surface area contributed by atoms with Gasteiger partial charge < -0.3 is 5.73 Å². The first-order valence-corrected chi connectivity index (χ1v) is 4.83. The summed E-state index contributed by atoms with van der Waals surface area (Å²) >= 11 is 0. The van der Waals surface area contributed by atoms with Crippen molar-refractivity contribution in [1.29, 1.82) is 0 Å². The summed E-state index contributed by atoms with van der Waals surface area (Å²) < 4.78 is 0. The van der Waals surface area contributed by atoms with Crippen molar-refractivity contribution < 1.29 is 0 Å². The minimum atomic E-state index is 0.369. The second-order valence-corrected chi connectivity index (χ2v) is 3.90. The quantitative estimate of drug-likeness (QED) is 0.710. The number of aryl methyl sites for hydroxylation is 1. The van der Waals surface area contributed by atoms with Crippen molar-refractivity contribution in [2.24, 2.45) is 0 Å².